The standard InChI is InChI=1S/C20H25NO3/c1-23-20(22)19-8-7-18(24-19)15-17-10-13-21(14-11-17)12-9-16-5-3-2-4-6-16/h2-8,17H,9-15H2,1H3. The molecule has 4 heteroatoms. The van der Waals surface area contributed by atoms with Crippen LogP contribution >= 0.6 is 0 Å². The topological polar surface area (TPSA) is 42.7 Å². The number of piperidine rings is 1. The maximum absolute atomic E-state index is 11.4. The van der Waals surface area contributed by atoms with E-state index in [-0.39, 0.29) is 0 Å². The summed E-state index contributed by atoms with van der Waals surface area (Å²) < 4.78 is 10.3. The summed E-state index contributed by atoms with van der Waals surface area (Å²) in [4.78, 5) is 14.0. The number of hydrogen-bond acceptors (Lipinski definition) is 4. The first-order chi connectivity index (χ1) is 11.7. The Balaban J connectivity index is 1.42. The number of benzene rings is 1. The summed E-state index contributed by atoms with van der Waals surface area (Å²) >= 11 is 0. The van der Waals surface area contributed by atoms with Crippen molar-refractivity contribution in [3.63, 3.8) is 0 Å². The number of rotatable bonds is 6. The lowest BCUT2D eigenvalue weighted by atomic mass is 9.92. The maximum Gasteiger partial charge on any atom is 0.373 e. The summed E-state index contributed by atoms with van der Waals surface area (Å²) in [6, 6.07) is 14.3. The number of esters is 1. The fourth-order valence-electron chi connectivity index (χ4n) is 3.33. The van der Waals surface area contributed by atoms with Gasteiger partial charge in [0.15, 0.2) is 0 Å². The minimum Gasteiger partial charge on any atom is -0.463 e. The van der Waals surface area contributed by atoms with Crippen molar-refractivity contribution in [2.75, 3.05) is 26.7 Å². The lowest BCUT2D eigenvalue weighted by molar-refractivity contribution is 0.0562. The molecule has 24 heavy (non-hydrogen) atoms. The van der Waals surface area contributed by atoms with E-state index in [2.05, 4.69) is 40.0 Å². The summed E-state index contributed by atoms with van der Waals surface area (Å²) in [7, 11) is 1.37. The third-order valence-corrected chi connectivity index (χ3v) is 4.80. The molecule has 1 saturated heterocycles. The summed E-state index contributed by atoms with van der Waals surface area (Å²) in [6.45, 7) is 3.41. The van der Waals surface area contributed by atoms with Gasteiger partial charge in [0.05, 0.1) is 7.11 Å². The number of nitrogens with zero attached hydrogens (tertiary/aromatic N) is 1. The molecule has 1 aromatic carbocycles. The van der Waals surface area contributed by atoms with E-state index in [0.29, 0.717) is 11.7 Å². The minimum absolute atomic E-state index is 0.299. The minimum atomic E-state index is -0.406. The Morgan fingerprint density at radius 2 is 1.92 bits per heavy atom. The normalized spacial score (nSPS) is 16.2. The lowest BCUT2D eigenvalue weighted by Gasteiger charge is -2.31. The third kappa shape index (κ3) is 4.48. The molecule has 2 aromatic rings. The first kappa shape index (κ1) is 16.8. The highest BCUT2D eigenvalue weighted by atomic mass is 16.5. The molecular formula is C20H25NO3. The Morgan fingerprint density at radius 1 is 1.17 bits per heavy atom. The highest BCUT2D eigenvalue weighted by Crippen LogP contribution is 2.23. The van der Waals surface area contributed by atoms with Gasteiger partial charge in [0.25, 0.3) is 0 Å². The number of ether oxygens (including phenoxy) is 1. The molecule has 3 rings (SSSR count). The van der Waals surface area contributed by atoms with Crippen LogP contribution in [0.4, 0.5) is 0 Å². The first-order valence-electron chi connectivity index (χ1n) is 8.68. The summed E-state index contributed by atoms with van der Waals surface area (Å²) in [5.41, 5.74) is 1.41. The van der Waals surface area contributed by atoms with Gasteiger partial charge in [0.1, 0.15) is 5.76 Å². The van der Waals surface area contributed by atoms with Crippen molar-refractivity contribution in [2.45, 2.75) is 25.7 Å². The fraction of sp³-hybridized carbons (Fsp3) is 0.450. The summed E-state index contributed by atoms with van der Waals surface area (Å²) in [6.07, 6.45) is 4.39. The van der Waals surface area contributed by atoms with Gasteiger partial charge in [-0.05, 0) is 56.0 Å². The number of methoxy groups -OCH3 is 1. The number of furan rings is 1. The Labute approximate surface area is 143 Å². The molecule has 0 unspecified atom stereocenters. The van der Waals surface area contributed by atoms with Crippen molar-refractivity contribution in [3.05, 3.63) is 59.5 Å². The van der Waals surface area contributed by atoms with Crippen LogP contribution in [0.2, 0.25) is 0 Å². The number of likely N-dealkylation sites (tertiary alicyclic amines) is 1. The zero-order valence-corrected chi connectivity index (χ0v) is 14.2. The van der Waals surface area contributed by atoms with Gasteiger partial charge >= 0.3 is 5.97 Å². The Hall–Kier alpha value is -2.07. The molecule has 0 aliphatic carbocycles. The highest BCUT2D eigenvalue weighted by Gasteiger charge is 2.21. The molecule has 0 atom stereocenters. The molecule has 1 fully saturated rings. The van der Waals surface area contributed by atoms with Crippen molar-refractivity contribution < 1.29 is 13.9 Å². The SMILES string of the molecule is COC(=O)c1ccc(CC2CCN(CCc3ccccc3)CC2)o1. The molecule has 2 heterocycles. The average molecular weight is 327 g/mol. The third-order valence-electron chi connectivity index (χ3n) is 4.80. The van der Waals surface area contributed by atoms with E-state index in [1.54, 1.807) is 6.07 Å². The van der Waals surface area contributed by atoms with Crippen LogP contribution in [0.3, 0.4) is 0 Å². The van der Waals surface area contributed by atoms with Crippen LogP contribution in [0.15, 0.2) is 46.9 Å². The molecule has 0 N–H and O–H groups in total. The van der Waals surface area contributed by atoms with Crippen molar-refractivity contribution in [3.8, 4) is 0 Å². The predicted molar refractivity (Wildman–Crippen MR) is 93.1 cm³/mol. The van der Waals surface area contributed by atoms with E-state index in [4.69, 9.17) is 4.42 Å². The molecule has 1 aromatic heterocycles. The zero-order chi connectivity index (χ0) is 16.8. The van der Waals surface area contributed by atoms with Gasteiger partial charge < -0.3 is 14.1 Å². The number of carbonyl (C=O) groups excluding carboxylic acids is 1. The summed E-state index contributed by atoms with van der Waals surface area (Å²) in [5, 5.41) is 0. The monoisotopic (exact) mass is 327 g/mol. The Bertz CT molecular complexity index is 642. The molecule has 0 spiro atoms. The molecule has 0 bridgehead atoms. The second kappa shape index (κ2) is 8.15. The van der Waals surface area contributed by atoms with E-state index in [9.17, 15) is 4.79 Å². The molecule has 1 aliphatic rings. The van der Waals surface area contributed by atoms with Gasteiger partial charge in [-0.15, -0.1) is 0 Å². The quantitative estimate of drug-likeness (QED) is 0.761. The van der Waals surface area contributed by atoms with Crippen molar-refractivity contribution in [1.82, 2.24) is 4.90 Å². The second-order valence-electron chi connectivity index (χ2n) is 6.48. The number of carbonyl (C=O) groups is 1. The van der Waals surface area contributed by atoms with Crippen molar-refractivity contribution in [1.29, 1.82) is 0 Å². The maximum atomic E-state index is 11.4. The van der Waals surface area contributed by atoms with E-state index < -0.39 is 5.97 Å². The molecule has 0 amide bonds. The second-order valence-corrected chi connectivity index (χ2v) is 6.48. The van der Waals surface area contributed by atoms with Crippen LogP contribution in [-0.2, 0) is 17.6 Å². The molecular weight excluding hydrogens is 302 g/mol. The summed E-state index contributed by atoms with van der Waals surface area (Å²) in [5.74, 6) is 1.41. The van der Waals surface area contributed by atoms with Crippen LogP contribution in [0.1, 0.15) is 34.7 Å². The predicted octanol–water partition coefficient (Wildman–Crippen LogP) is 3.56. The van der Waals surface area contributed by atoms with E-state index in [1.807, 2.05) is 6.07 Å². The molecule has 1 aliphatic heterocycles. The largest absolute Gasteiger partial charge is 0.463 e. The van der Waals surface area contributed by atoms with Crippen LogP contribution in [-0.4, -0.2) is 37.6 Å². The number of hydrogen-bond donors (Lipinski definition) is 0. The smallest absolute Gasteiger partial charge is 0.373 e. The van der Waals surface area contributed by atoms with Crippen LogP contribution < -0.4 is 0 Å². The fourth-order valence-corrected chi connectivity index (χ4v) is 3.33. The molecule has 128 valence electrons. The van der Waals surface area contributed by atoms with Gasteiger partial charge in [-0.2, -0.15) is 0 Å². The Kier molecular flexibility index (Phi) is 5.70. The van der Waals surface area contributed by atoms with E-state index in [0.717, 1.165) is 38.2 Å². The van der Waals surface area contributed by atoms with E-state index >= 15 is 0 Å². The van der Waals surface area contributed by atoms with Crippen molar-refractivity contribution >= 4 is 5.97 Å². The van der Waals surface area contributed by atoms with Gasteiger partial charge in [-0.3, -0.25) is 0 Å². The lowest BCUT2D eigenvalue weighted by Crippen LogP contribution is -2.35. The zero-order valence-electron chi connectivity index (χ0n) is 14.2. The van der Waals surface area contributed by atoms with Crippen molar-refractivity contribution in [2.24, 2.45) is 5.92 Å². The molecule has 4 nitrogen and oxygen atoms in total. The highest BCUT2D eigenvalue weighted by molar-refractivity contribution is 5.86. The van der Waals surface area contributed by atoms with Gasteiger partial charge in [-0.25, -0.2) is 4.79 Å². The van der Waals surface area contributed by atoms with Crippen LogP contribution in [0.5, 0.6) is 0 Å². The van der Waals surface area contributed by atoms with Gasteiger partial charge in [0.2, 0.25) is 5.76 Å². The van der Waals surface area contributed by atoms with Crippen LogP contribution in [0, 0.1) is 5.92 Å². The van der Waals surface area contributed by atoms with E-state index in [1.165, 1.54) is 25.5 Å². The Morgan fingerprint density at radius 3 is 2.62 bits per heavy atom. The molecule has 0 saturated carbocycles. The van der Waals surface area contributed by atoms with Gasteiger partial charge in [-0.1, -0.05) is 30.3 Å². The van der Waals surface area contributed by atoms with Gasteiger partial charge in [0, 0.05) is 13.0 Å². The first-order valence-corrected chi connectivity index (χ1v) is 8.68. The average Bonchev–Trinajstić information content (AvgIpc) is 3.10. The molecule has 0 radical (unpaired) electrons. The van der Waals surface area contributed by atoms with Crippen LogP contribution in [0.25, 0.3) is 0 Å².